The van der Waals surface area contributed by atoms with Gasteiger partial charge in [-0.05, 0) is 19.8 Å². The Bertz CT molecular complexity index is 715. The van der Waals surface area contributed by atoms with Crippen LogP contribution in [-0.2, 0) is 4.79 Å². The molecule has 0 bridgehead atoms. The number of carboxylic acids is 1. The fraction of sp³-hybridized carbons (Fsp3) is 0.389. The van der Waals surface area contributed by atoms with Gasteiger partial charge in [-0.15, -0.1) is 0 Å². The van der Waals surface area contributed by atoms with Crippen LogP contribution < -0.4 is 5.32 Å². The van der Waals surface area contributed by atoms with E-state index in [2.05, 4.69) is 10.5 Å². The molecule has 6 heteroatoms. The van der Waals surface area contributed by atoms with E-state index in [4.69, 9.17) is 9.63 Å². The van der Waals surface area contributed by atoms with E-state index < -0.39 is 17.4 Å². The molecule has 0 aliphatic carbocycles. The standard InChI is InChI=1S/C18H22N2O4/c1-4-18(5-2,11-16(21)22)19-17(23)15-10-14(20-24-15)13-8-6-12(3)7-9-13/h6-10H,4-5,11H2,1-3H3,(H,19,23)(H,21,22). The summed E-state index contributed by atoms with van der Waals surface area (Å²) in [6, 6.07) is 9.28. The molecule has 0 aliphatic heterocycles. The Balaban J connectivity index is 2.18. The van der Waals surface area contributed by atoms with Crippen molar-refractivity contribution in [1.29, 1.82) is 0 Å². The van der Waals surface area contributed by atoms with Crippen molar-refractivity contribution in [3.8, 4) is 11.3 Å². The van der Waals surface area contributed by atoms with Crippen LogP contribution in [-0.4, -0.2) is 27.7 Å². The van der Waals surface area contributed by atoms with E-state index in [-0.39, 0.29) is 12.2 Å². The number of aromatic nitrogens is 1. The highest BCUT2D eigenvalue weighted by molar-refractivity contribution is 5.93. The third-order valence-corrected chi connectivity index (χ3v) is 4.30. The molecule has 1 aromatic heterocycles. The van der Waals surface area contributed by atoms with E-state index in [1.807, 2.05) is 45.0 Å². The molecule has 0 atom stereocenters. The Labute approximate surface area is 140 Å². The SMILES string of the molecule is CCC(CC)(CC(=O)O)NC(=O)c1cc(-c2ccc(C)cc2)no1. The lowest BCUT2D eigenvalue weighted by molar-refractivity contribution is -0.138. The van der Waals surface area contributed by atoms with Gasteiger partial charge in [0.05, 0.1) is 12.0 Å². The highest BCUT2D eigenvalue weighted by atomic mass is 16.5. The number of carbonyl (C=O) groups is 2. The van der Waals surface area contributed by atoms with Crippen molar-refractivity contribution in [3.63, 3.8) is 0 Å². The largest absolute Gasteiger partial charge is 0.481 e. The van der Waals surface area contributed by atoms with Gasteiger partial charge in [0.2, 0.25) is 5.76 Å². The minimum absolute atomic E-state index is 0.0715. The Morgan fingerprint density at radius 1 is 1.21 bits per heavy atom. The molecule has 2 N–H and O–H groups in total. The van der Waals surface area contributed by atoms with Crippen molar-refractivity contribution in [1.82, 2.24) is 10.5 Å². The molecular formula is C18H22N2O4. The number of aliphatic carboxylic acids is 1. The minimum atomic E-state index is -0.947. The second-order valence-corrected chi connectivity index (χ2v) is 5.95. The quantitative estimate of drug-likeness (QED) is 0.811. The molecule has 0 unspecified atom stereocenters. The molecule has 1 heterocycles. The van der Waals surface area contributed by atoms with Crippen LogP contribution in [0.5, 0.6) is 0 Å². The highest BCUT2D eigenvalue weighted by Crippen LogP contribution is 2.23. The van der Waals surface area contributed by atoms with Gasteiger partial charge < -0.3 is 14.9 Å². The number of rotatable bonds is 7. The molecule has 0 spiro atoms. The lowest BCUT2D eigenvalue weighted by Gasteiger charge is -2.30. The summed E-state index contributed by atoms with van der Waals surface area (Å²) >= 11 is 0. The predicted octanol–water partition coefficient (Wildman–Crippen LogP) is 3.41. The number of nitrogens with one attached hydrogen (secondary N) is 1. The van der Waals surface area contributed by atoms with Gasteiger partial charge >= 0.3 is 5.97 Å². The molecule has 1 aromatic carbocycles. The lowest BCUT2D eigenvalue weighted by Crippen LogP contribution is -2.49. The summed E-state index contributed by atoms with van der Waals surface area (Å²) in [5, 5.41) is 15.8. The Kier molecular flexibility index (Phi) is 5.39. The number of aryl methyl sites for hydroxylation is 1. The van der Waals surface area contributed by atoms with E-state index in [1.54, 1.807) is 6.07 Å². The molecule has 0 aliphatic rings. The lowest BCUT2D eigenvalue weighted by atomic mass is 9.89. The molecule has 2 rings (SSSR count). The van der Waals surface area contributed by atoms with Crippen LogP contribution in [0, 0.1) is 6.92 Å². The zero-order valence-corrected chi connectivity index (χ0v) is 14.1. The summed E-state index contributed by atoms with van der Waals surface area (Å²) in [6.45, 7) is 5.69. The second kappa shape index (κ2) is 7.29. The molecule has 0 saturated heterocycles. The molecule has 6 nitrogen and oxygen atoms in total. The fourth-order valence-electron chi connectivity index (χ4n) is 2.56. The minimum Gasteiger partial charge on any atom is -0.481 e. The number of carbonyl (C=O) groups excluding carboxylic acids is 1. The Morgan fingerprint density at radius 3 is 2.38 bits per heavy atom. The molecule has 0 radical (unpaired) electrons. The van der Waals surface area contributed by atoms with Crippen molar-refractivity contribution in [2.24, 2.45) is 0 Å². The van der Waals surface area contributed by atoms with Crippen LogP contribution in [0.15, 0.2) is 34.9 Å². The van der Waals surface area contributed by atoms with E-state index in [9.17, 15) is 9.59 Å². The molecule has 128 valence electrons. The molecule has 24 heavy (non-hydrogen) atoms. The number of carboxylic acid groups (broad SMARTS) is 1. The highest BCUT2D eigenvalue weighted by Gasteiger charge is 2.32. The van der Waals surface area contributed by atoms with Crippen molar-refractivity contribution in [2.75, 3.05) is 0 Å². The van der Waals surface area contributed by atoms with Crippen LogP contribution in [0.1, 0.15) is 49.2 Å². The van der Waals surface area contributed by atoms with Crippen LogP contribution in [0.2, 0.25) is 0 Å². The summed E-state index contributed by atoms with van der Waals surface area (Å²) in [4.78, 5) is 23.5. The van der Waals surface area contributed by atoms with E-state index in [0.717, 1.165) is 11.1 Å². The summed E-state index contributed by atoms with van der Waals surface area (Å²) in [5.74, 6) is -1.33. The normalized spacial score (nSPS) is 11.3. The third-order valence-electron chi connectivity index (χ3n) is 4.30. The first kappa shape index (κ1) is 17.7. The van der Waals surface area contributed by atoms with Gasteiger partial charge in [0.25, 0.3) is 5.91 Å². The maximum Gasteiger partial charge on any atom is 0.305 e. The number of hydrogen-bond donors (Lipinski definition) is 2. The summed E-state index contributed by atoms with van der Waals surface area (Å²) in [5.41, 5.74) is 1.76. The van der Waals surface area contributed by atoms with E-state index in [1.165, 1.54) is 0 Å². The summed E-state index contributed by atoms with van der Waals surface area (Å²) < 4.78 is 5.14. The number of hydrogen-bond acceptors (Lipinski definition) is 4. The topological polar surface area (TPSA) is 92.4 Å². The average molecular weight is 330 g/mol. The van der Waals surface area contributed by atoms with Crippen molar-refractivity contribution in [2.45, 2.75) is 45.6 Å². The Hall–Kier alpha value is -2.63. The van der Waals surface area contributed by atoms with Crippen molar-refractivity contribution in [3.05, 3.63) is 41.7 Å². The van der Waals surface area contributed by atoms with Gasteiger partial charge in [0.15, 0.2) is 0 Å². The van der Waals surface area contributed by atoms with Crippen LogP contribution >= 0.6 is 0 Å². The number of benzene rings is 1. The van der Waals surface area contributed by atoms with Crippen molar-refractivity contribution >= 4 is 11.9 Å². The number of amides is 1. The van der Waals surface area contributed by atoms with Gasteiger partial charge in [0.1, 0.15) is 5.69 Å². The van der Waals surface area contributed by atoms with Crippen LogP contribution in [0.3, 0.4) is 0 Å². The molecule has 1 amide bonds. The maximum atomic E-state index is 12.4. The summed E-state index contributed by atoms with van der Waals surface area (Å²) in [7, 11) is 0. The first-order valence-electron chi connectivity index (χ1n) is 7.97. The zero-order valence-electron chi connectivity index (χ0n) is 14.1. The monoisotopic (exact) mass is 330 g/mol. The van der Waals surface area contributed by atoms with Gasteiger partial charge in [-0.2, -0.15) is 0 Å². The fourth-order valence-corrected chi connectivity index (χ4v) is 2.56. The average Bonchev–Trinajstić information content (AvgIpc) is 3.04. The second-order valence-electron chi connectivity index (χ2n) is 5.95. The molecule has 2 aromatic rings. The summed E-state index contributed by atoms with van der Waals surface area (Å²) in [6.07, 6.45) is 0.895. The molecule has 0 saturated carbocycles. The van der Waals surface area contributed by atoms with Gasteiger partial charge in [-0.25, -0.2) is 0 Å². The van der Waals surface area contributed by atoms with E-state index in [0.29, 0.717) is 18.5 Å². The van der Waals surface area contributed by atoms with Gasteiger partial charge in [0, 0.05) is 11.6 Å². The number of nitrogens with zero attached hydrogens (tertiary/aromatic N) is 1. The smallest absolute Gasteiger partial charge is 0.305 e. The van der Waals surface area contributed by atoms with Gasteiger partial charge in [-0.1, -0.05) is 48.8 Å². The van der Waals surface area contributed by atoms with E-state index >= 15 is 0 Å². The first-order valence-corrected chi connectivity index (χ1v) is 7.97. The van der Waals surface area contributed by atoms with Crippen molar-refractivity contribution < 1.29 is 19.2 Å². The predicted molar refractivity (Wildman–Crippen MR) is 89.7 cm³/mol. The maximum absolute atomic E-state index is 12.4. The van der Waals surface area contributed by atoms with Gasteiger partial charge in [-0.3, -0.25) is 9.59 Å². The van der Waals surface area contributed by atoms with Crippen LogP contribution in [0.25, 0.3) is 11.3 Å². The zero-order chi connectivity index (χ0) is 17.7. The third kappa shape index (κ3) is 4.01. The van der Waals surface area contributed by atoms with Crippen LogP contribution in [0.4, 0.5) is 0 Å². The first-order chi connectivity index (χ1) is 11.4. The molecule has 0 fully saturated rings. The Morgan fingerprint density at radius 2 is 1.83 bits per heavy atom. The molecular weight excluding hydrogens is 308 g/mol.